The van der Waals surface area contributed by atoms with Gasteiger partial charge in [0.15, 0.2) is 11.5 Å². The van der Waals surface area contributed by atoms with Crippen LogP contribution in [-0.4, -0.2) is 58.5 Å². The number of ether oxygens (including phenoxy) is 2. The summed E-state index contributed by atoms with van der Waals surface area (Å²) >= 11 is 6.06. The number of nitrogens with one attached hydrogen (secondary N) is 1. The van der Waals surface area contributed by atoms with Gasteiger partial charge in [0.2, 0.25) is 11.8 Å². The highest BCUT2D eigenvalue weighted by molar-refractivity contribution is 7.92. The topological polar surface area (TPSA) is 105 Å². The Morgan fingerprint density at radius 2 is 1.59 bits per heavy atom. The molecule has 0 aliphatic heterocycles. The van der Waals surface area contributed by atoms with Crippen molar-refractivity contribution in [1.82, 2.24) is 10.2 Å². The number of amides is 2. The summed E-state index contributed by atoms with van der Waals surface area (Å²) < 4.78 is 39.4. The molecule has 0 aromatic heterocycles. The molecule has 0 saturated heterocycles. The van der Waals surface area contributed by atoms with Gasteiger partial charge in [-0.25, -0.2) is 8.42 Å². The van der Waals surface area contributed by atoms with Gasteiger partial charge in [-0.15, -0.1) is 0 Å². The number of likely N-dealkylation sites (N-methyl/N-ethyl adjacent to an activating group) is 1. The summed E-state index contributed by atoms with van der Waals surface area (Å²) in [5.41, 5.74) is 1.02. The molecule has 1 N–H and O–H groups in total. The predicted molar refractivity (Wildman–Crippen MR) is 151 cm³/mol. The average Bonchev–Trinajstić information content (AvgIpc) is 2.94. The van der Waals surface area contributed by atoms with Gasteiger partial charge in [-0.2, -0.15) is 0 Å². The first-order valence-electron chi connectivity index (χ1n) is 12.2. The van der Waals surface area contributed by atoms with Gasteiger partial charge < -0.3 is 19.7 Å². The van der Waals surface area contributed by atoms with Crippen LogP contribution >= 0.6 is 11.6 Å². The van der Waals surface area contributed by atoms with Crippen molar-refractivity contribution >= 4 is 39.1 Å². The van der Waals surface area contributed by atoms with Crippen LogP contribution in [0.3, 0.4) is 0 Å². The lowest BCUT2D eigenvalue weighted by Crippen LogP contribution is -2.51. The van der Waals surface area contributed by atoms with Crippen LogP contribution in [0.1, 0.15) is 19.4 Å². The number of methoxy groups -OCH3 is 2. The molecule has 208 valence electrons. The Labute approximate surface area is 234 Å². The minimum absolute atomic E-state index is 0.103. The van der Waals surface area contributed by atoms with E-state index in [9.17, 15) is 18.0 Å². The second-order valence-corrected chi connectivity index (χ2v) is 10.9. The van der Waals surface area contributed by atoms with Crippen LogP contribution in [0.4, 0.5) is 5.69 Å². The van der Waals surface area contributed by atoms with E-state index in [4.69, 9.17) is 21.1 Å². The first-order chi connectivity index (χ1) is 18.6. The number of hydrogen-bond acceptors (Lipinski definition) is 6. The molecule has 3 aromatic carbocycles. The highest BCUT2D eigenvalue weighted by Crippen LogP contribution is 2.32. The van der Waals surface area contributed by atoms with Gasteiger partial charge in [0, 0.05) is 24.2 Å². The Kier molecular flexibility index (Phi) is 10.2. The molecule has 0 fully saturated rings. The maximum absolute atomic E-state index is 14.0. The molecule has 1 atom stereocenters. The lowest BCUT2D eigenvalue weighted by Gasteiger charge is -2.32. The molecule has 0 aliphatic carbocycles. The first kappa shape index (κ1) is 29.8. The fourth-order valence-electron chi connectivity index (χ4n) is 3.92. The number of carbonyl (C=O) groups excluding carboxylic acids is 2. The molecule has 0 heterocycles. The molecular weight excluding hydrogens is 542 g/mol. The Bertz CT molecular complexity index is 1380. The monoisotopic (exact) mass is 573 g/mol. The zero-order chi connectivity index (χ0) is 28.6. The van der Waals surface area contributed by atoms with Crippen molar-refractivity contribution in [2.75, 3.05) is 31.6 Å². The minimum Gasteiger partial charge on any atom is -0.493 e. The maximum atomic E-state index is 14.0. The first-order valence-corrected chi connectivity index (χ1v) is 14.1. The van der Waals surface area contributed by atoms with Gasteiger partial charge >= 0.3 is 0 Å². The molecule has 0 aliphatic rings. The molecule has 2 amide bonds. The Hall–Kier alpha value is -3.76. The van der Waals surface area contributed by atoms with Crippen molar-refractivity contribution in [3.63, 3.8) is 0 Å². The van der Waals surface area contributed by atoms with Crippen molar-refractivity contribution in [1.29, 1.82) is 0 Å². The third-order valence-electron chi connectivity index (χ3n) is 6.05. The average molecular weight is 574 g/mol. The van der Waals surface area contributed by atoms with E-state index in [1.165, 1.54) is 61.6 Å². The fraction of sp³-hybridized carbons (Fsp3) is 0.286. The Balaban J connectivity index is 2.05. The number of benzene rings is 3. The summed E-state index contributed by atoms with van der Waals surface area (Å²) in [5, 5.41) is 3.14. The van der Waals surface area contributed by atoms with E-state index in [1.54, 1.807) is 13.8 Å². The molecule has 0 bridgehead atoms. The lowest BCUT2D eigenvalue weighted by atomic mass is 10.1. The molecule has 11 heteroatoms. The summed E-state index contributed by atoms with van der Waals surface area (Å²) in [5.74, 6) is -0.328. The molecule has 39 heavy (non-hydrogen) atoms. The highest BCUT2D eigenvalue weighted by Gasteiger charge is 2.33. The molecule has 3 aromatic rings. The number of anilines is 1. The van der Waals surface area contributed by atoms with E-state index in [1.807, 2.05) is 30.3 Å². The lowest BCUT2D eigenvalue weighted by molar-refractivity contribution is -0.139. The van der Waals surface area contributed by atoms with Crippen LogP contribution in [0.15, 0.2) is 77.7 Å². The molecule has 0 radical (unpaired) electrons. The number of rotatable bonds is 12. The van der Waals surface area contributed by atoms with E-state index < -0.39 is 28.5 Å². The summed E-state index contributed by atoms with van der Waals surface area (Å²) in [6.45, 7) is 3.34. The number of hydrogen-bond donors (Lipinski definition) is 1. The van der Waals surface area contributed by atoms with Crippen molar-refractivity contribution < 1.29 is 27.5 Å². The maximum Gasteiger partial charge on any atom is 0.264 e. The van der Waals surface area contributed by atoms with Gasteiger partial charge in [0.05, 0.1) is 24.8 Å². The molecule has 0 unspecified atom stereocenters. The number of sulfonamides is 1. The van der Waals surface area contributed by atoms with E-state index in [0.717, 1.165) is 9.87 Å². The molecule has 0 spiro atoms. The quantitative estimate of drug-likeness (QED) is 0.350. The smallest absolute Gasteiger partial charge is 0.264 e. The third kappa shape index (κ3) is 7.21. The van der Waals surface area contributed by atoms with Crippen LogP contribution < -0.4 is 19.1 Å². The summed E-state index contributed by atoms with van der Waals surface area (Å²) in [6.07, 6.45) is 0. The SMILES string of the molecule is CCNC(=O)[C@H](C)N(Cc1ccccc1)C(=O)CN(c1ccc(Cl)cc1)S(=O)(=O)c1ccc(OC)c(OC)c1. The van der Waals surface area contributed by atoms with Gasteiger partial charge in [-0.05, 0) is 55.8 Å². The van der Waals surface area contributed by atoms with E-state index in [-0.39, 0.29) is 28.8 Å². The Morgan fingerprint density at radius 1 is 0.949 bits per heavy atom. The zero-order valence-corrected chi connectivity index (χ0v) is 23.8. The van der Waals surface area contributed by atoms with Crippen LogP contribution in [-0.2, 0) is 26.2 Å². The van der Waals surface area contributed by atoms with Crippen molar-refractivity contribution in [2.45, 2.75) is 31.3 Å². The van der Waals surface area contributed by atoms with Crippen LogP contribution in [0.25, 0.3) is 0 Å². The second kappa shape index (κ2) is 13.3. The normalized spacial score (nSPS) is 11.8. The van der Waals surface area contributed by atoms with Gasteiger partial charge in [0.25, 0.3) is 10.0 Å². The summed E-state index contributed by atoms with van der Waals surface area (Å²) in [4.78, 5) is 27.8. The van der Waals surface area contributed by atoms with E-state index in [2.05, 4.69) is 5.32 Å². The largest absolute Gasteiger partial charge is 0.493 e. The fourth-order valence-corrected chi connectivity index (χ4v) is 5.48. The van der Waals surface area contributed by atoms with Crippen molar-refractivity contribution in [3.05, 3.63) is 83.4 Å². The van der Waals surface area contributed by atoms with Crippen LogP contribution in [0, 0.1) is 0 Å². The van der Waals surface area contributed by atoms with E-state index in [0.29, 0.717) is 17.3 Å². The molecule has 9 nitrogen and oxygen atoms in total. The standard InChI is InChI=1S/C28H32ClN3O6S/c1-5-30-28(34)20(2)31(18-21-9-7-6-8-10-21)27(33)19-32(23-13-11-22(29)12-14-23)39(35,36)24-15-16-25(37-3)26(17-24)38-4/h6-17,20H,5,18-19H2,1-4H3,(H,30,34)/t20-/m0/s1. The van der Waals surface area contributed by atoms with Crippen LogP contribution in [0.5, 0.6) is 11.5 Å². The van der Waals surface area contributed by atoms with Crippen molar-refractivity contribution in [3.8, 4) is 11.5 Å². The second-order valence-electron chi connectivity index (χ2n) is 8.58. The highest BCUT2D eigenvalue weighted by atomic mass is 35.5. The van der Waals surface area contributed by atoms with Gasteiger partial charge in [-0.1, -0.05) is 41.9 Å². The van der Waals surface area contributed by atoms with Crippen molar-refractivity contribution in [2.24, 2.45) is 0 Å². The van der Waals surface area contributed by atoms with Gasteiger partial charge in [-0.3, -0.25) is 13.9 Å². The number of carbonyl (C=O) groups is 2. The Morgan fingerprint density at radius 3 is 2.18 bits per heavy atom. The molecule has 3 rings (SSSR count). The third-order valence-corrected chi connectivity index (χ3v) is 8.07. The van der Waals surface area contributed by atoms with Crippen LogP contribution in [0.2, 0.25) is 5.02 Å². The molecule has 0 saturated carbocycles. The van der Waals surface area contributed by atoms with Gasteiger partial charge in [0.1, 0.15) is 12.6 Å². The predicted octanol–water partition coefficient (Wildman–Crippen LogP) is 4.11. The van der Waals surface area contributed by atoms with E-state index >= 15 is 0 Å². The number of nitrogens with zero attached hydrogens (tertiary/aromatic N) is 2. The molecular formula is C28H32ClN3O6S. The number of halogens is 1. The minimum atomic E-state index is -4.28. The summed E-state index contributed by atoms with van der Waals surface area (Å²) in [6, 6.07) is 18.6. The zero-order valence-electron chi connectivity index (χ0n) is 22.3. The summed E-state index contributed by atoms with van der Waals surface area (Å²) in [7, 11) is -1.43.